The Bertz CT molecular complexity index is 2330. The van der Waals surface area contributed by atoms with E-state index < -0.39 is 0 Å². The van der Waals surface area contributed by atoms with E-state index in [2.05, 4.69) is 146 Å². The van der Waals surface area contributed by atoms with E-state index in [0.29, 0.717) is 0 Å². The van der Waals surface area contributed by atoms with E-state index in [0.717, 1.165) is 0 Å². The summed E-state index contributed by atoms with van der Waals surface area (Å²) in [5, 5.41) is 5.38. The Balaban J connectivity index is 1.30. The molecule has 0 unspecified atom stereocenters. The lowest BCUT2D eigenvalue weighted by Gasteiger charge is -2.23. The molecule has 9 rings (SSSR count). The average molecular weight is 542 g/mol. The van der Waals surface area contributed by atoms with Gasteiger partial charge in [-0.1, -0.05) is 105 Å². The number of para-hydroxylation sites is 1. The third-order valence-corrected chi connectivity index (χ3v) is 10.3. The summed E-state index contributed by atoms with van der Waals surface area (Å²) in [5.41, 5.74) is 11.7. The van der Waals surface area contributed by atoms with Crippen LogP contribution in [0.4, 0.5) is 0 Å². The highest BCUT2D eigenvalue weighted by molar-refractivity contribution is 7.25. The van der Waals surface area contributed by atoms with Gasteiger partial charge in [0.2, 0.25) is 0 Å². The van der Waals surface area contributed by atoms with Crippen molar-refractivity contribution in [3.63, 3.8) is 0 Å². The third kappa shape index (κ3) is 3.11. The molecule has 0 N–H and O–H groups in total. The minimum Gasteiger partial charge on any atom is -0.309 e. The Morgan fingerprint density at radius 2 is 1.27 bits per heavy atom. The minimum absolute atomic E-state index is 0.113. The lowest BCUT2D eigenvalue weighted by atomic mass is 9.80. The Labute approximate surface area is 242 Å². The van der Waals surface area contributed by atoms with E-state index in [9.17, 15) is 0 Å². The summed E-state index contributed by atoms with van der Waals surface area (Å²) in [5.74, 6) is 0. The second-order valence-corrected chi connectivity index (χ2v) is 12.8. The molecule has 41 heavy (non-hydrogen) atoms. The maximum absolute atomic E-state index is 2.46. The van der Waals surface area contributed by atoms with Crippen molar-refractivity contribution >= 4 is 53.3 Å². The van der Waals surface area contributed by atoms with Crippen molar-refractivity contribution in [2.24, 2.45) is 0 Å². The third-order valence-electron chi connectivity index (χ3n) is 9.17. The van der Waals surface area contributed by atoms with Gasteiger partial charge in [0.05, 0.1) is 11.0 Å². The van der Waals surface area contributed by atoms with Crippen molar-refractivity contribution in [1.82, 2.24) is 4.57 Å². The maximum atomic E-state index is 2.46. The van der Waals surface area contributed by atoms with Crippen LogP contribution in [0, 0.1) is 0 Å². The summed E-state index contributed by atoms with van der Waals surface area (Å²) in [7, 11) is 0. The van der Waals surface area contributed by atoms with Gasteiger partial charge in [0.15, 0.2) is 0 Å². The molecule has 0 spiro atoms. The fourth-order valence-electron chi connectivity index (χ4n) is 7.31. The first-order valence-corrected chi connectivity index (χ1v) is 15.1. The predicted molar refractivity (Wildman–Crippen MR) is 177 cm³/mol. The molecule has 0 amide bonds. The molecule has 1 aliphatic rings. The van der Waals surface area contributed by atoms with Crippen LogP contribution in [-0.4, -0.2) is 4.57 Å². The van der Waals surface area contributed by atoms with Gasteiger partial charge in [0.25, 0.3) is 0 Å². The zero-order chi connectivity index (χ0) is 27.3. The zero-order valence-corrected chi connectivity index (χ0v) is 23.8. The molecule has 2 aromatic heterocycles. The summed E-state index contributed by atoms with van der Waals surface area (Å²) in [6.07, 6.45) is 0. The van der Waals surface area contributed by atoms with Crippen molar-refractivity contribution in [3.05, 3.63) is 139 Å². The Hall–Kier alpha value is -4.66. The molecule has 2 heterocycles. The van der Waals surface area contributed by atoms with Gasteiger partial charge in [-0.25, -0.2) is 0 Å². The molecule has 0 bridgehead atoms. The van der Waals surface area contributed by atoms with Crippen LogP contribution in [0.5, 0.6) is 0 Å². The lowest BCUT2D eigenvalue weighted by Crippen LogP contribution is -2.15. The highest BCUT2D eigenvalue weighted by atomic mass is 32.1. The lowest BCUT2D eigenvalue weighted by molar-refractivity contribution is 0.666. The number of aromatic nitrogens is 1. The highest BCUT2D eigenvalue weighted by Gasteiger charge is 2.38. The van der Waals surface area contributed by atoms with Crippen LogP contribution in [-0.2, 0) is 5.41 Å². The largest absolute Gasteiger partial charge is 0.309 e. The van der Waals surface area contributed by atoms with Crippen LogP contribution in [0.25, 0.3) is 69.9 Å². The van der Waals surface area contributed by atoms with Crippen LogP contribution in [0.3, 0.4) is 0 Å². The topological polar surface area (TPSA) is 4.93 Å². The molecule has 0 atom stereocenters. The molecular weight excluding hydrogens is 515 g/mol. The summed E-state index contributed by atoms with van der Waals surface area (Å²) in [6.45, 7) is 4.82. The maximum Gasteiger partial charge on any atom is 0.0547 e. The normalized spacial score (nSPS) is 13.8. The van der Waals surface area contributed by atoms with E-state index in [1.54, 1.807) is 0 Å². The fraction of sp³-hybridized carbons (Fsp3) is 0.0769. The number of rotatable bonds is 2. The number of benzene rings is 6. The fourth-order valence-corrected chi connectivity index (χ4v) is 8.42. The summed E-state index contributed by atoms with van der Waals surface area (Å²) in [6, 6.07) is 47.1. The molecule has 1 aliphatic carbocycles. The van der Waals surface area contributed by atoms with E-state index in [4.69, 9.17) is 0 Å². The van der Waals surface area contributed by atoms with E-state index in [-0.39, 0.29) is 5.41 Å². The van der Waals surface area contributed by atoms with Crippen molar-refractivity contribution in [1.29, 1.82) is 0 Å². The van der Waals surface area contributed by atoms with Crippen LogP contribution < -0.4 is 0 Å². The average Bonchev–Trinajstić information content (AvgIpc) is 3.63. The zero-order valence-electron chi connectivity index (χ0n) is 23.0. The second-order valence-electron chi connectivity index (χ2n) is 11.8. The van der Waals surface area contributed by atoms with Crippen molar-refractivity contribution in [3.8, 4) is 27.9 Å². The molecule has 0 saturated heterocycles. The molecule has 2 heteroatoms. The minimum atomic E-state index is -0.113. The molecule has 0 radical (unpaired) electrons. The van der Waals surface area contributed by atoms with E-state index in [1.165, 1.54) is 81.0 Å². The highest BCUT2D eigenvalue weighted by Crippen LogP contribution is 2.54. The van der Waals surface area contributed by atoms with Gasteiger partial charge in [-0.2, -0.15) is 0 Å². The molecular formula is C39H27NS. The monoisotopic (exact) mass is 541 g/mol. The van der Waals surface area contributed by atoms with Crippen molar-refractivity contribution < 1.29 is 0 Å². The smallest absolute Gasteiger partial charge is 0.0547 e. The summed E-state index contributed by atoms with van der Waals surface area (Å²) < 4.78 is 5.20. The summed E-state index contributed by atoms with van der Waals surface area (Å²) in [4.78, 5) is 0. The van der Waals surface area contributed by atoms with Crippen LogP contribution in [0.2, 0.25) is 0 Å². The second kappa shape index (κ2) is 8.19. The molecule has 0 fully saturated rings. The Kier molecular flexibility index (Phi) is 4.61. The molecule has 1 nitrogen and oxygen atoms in total. The molecule has 8 aromatic rings. The predicted octanol–water partition coefficient (Wildman–Crippen LogP) is 11.1. The van der Waals surface area contributed by atoms with Crippen LogP contribution >= 0.6 is 11.3 Å². The standard InChI is InChI=1S/C39H27NS/c1-39(2)32-23-26(17-19-27(32)30-20-21-36-37(38(30)39)31-13-7-9-15-35(31)41-36)40-33-14-8-6-12-28(33)29-18-16-25(22-34(29)40)24-10-4-3-5-11-24/h3-23H,1-2H3. The summed E-state index contributed by atoms with van der Waals surface area (Å²) >= 11 is 1.91. The molecule has 6 aromatic carbocycles. The SMILES string of the molecule is CC1(C)c2cc(-n3c4ccccc4c4ccc(-c5ccccc5)cc43)ccc2-c2ccc3sc4ccccc4c3c21. The van der Waals surface area contributed by atoms with Crippen molar-refractivity contribution in [2.75, 3.05) is 0 Å². The van der Waals surface area contributed by atoms with Crippen LogP contribution in [0.15, 0.2) is 127 Å². The van der Waals surface area contributed by atoms with Gasteiger partial charge in [0.1, 0.15) is 0 Å². The number of hydrogen-bond donors (Lipinski definition) is 0. The number of hydrogen-bond acceptors (Lipinski definition) is 1. The van der Waals surface area contributed by atoms with Crippen LogP contribution in [0.1, 0.15) is 25.0 Å². The van der Waals surface area contributed by atoms with Gasteiger partial charge < -0.3 is 4.57 Å². The quantitative estimate of drug-likeness (QED) is 0.205. The van der Waals surface area contributed by atoms with E-state index in [1.807, 2.05) is 11.3 Å². The van der Waals surface area contributed by atoms with Gasteiger partial charge in [-0.15, -0.1) is 11.3 Å². The molecule has 0 aliphatic heterocycles. The van der Waals surface area contributed by atoms with Gasteiger partial charge >= 0.3 is 0 Å². The van der Waals surface area contributed by atoms with E-state index >= 15 is 0 Å². The number of nitrogens with zero attached hydrogens (tertiary/aromatic N) is 1. The Morgan fingerprint density at radius 1 is 0.537 bits per heavy atom. The Morgan fingerprint density at radius 3 is 2.15 bits per heavy atom. The van der Waals surface area contributed by atoms with Gasteiger partial charge in [0, 0.05) is 42.0 Å². The first-order chi connectivity index (χ1) is 20.1. The number of thiophene rings is 1. The molecule has 0 saturated carbocycles. The first-order valence-electron chi connectivity index (χ1n) is 14.3. The molecule has 194 valence electrons. The number of fused-ring (bicyclic) bond motifs is 10. The van der Waals surface area contributed by atoms with Crippen molar-refractivity contribution in [2.45, 2.75) is 19.3 Å². The van der Waals surface area contributed by atoms with Gasteiger partial charge in [-0.3, -0.25) is 0 Å². The first kappa shape index (κ1) is 23.1. The van der Waals surface area contributed by atoms with Gasteiger partial charge in [-0.05, 0) is 69.8 Å².